The van der Waals surface area contributed by atoms with Crippen LogP contribution in [0.3, 0.4) is 0 Å². The summed E-state index contributed by atoms with van der Waals surface area (Å²) in [5, 5.41) is 11.9. The number of nitrogens with zero attached hydrogens (tertiary/aromatic N) is 1. The van der Waals surface area contributed by atoms with E-state index in [1.54, 1.807) is 84.9 Å². The second kappa shape index (κ2) is 15.2. The van der Waals surface area contributed by atoms with Crippen LogP contribution in [0.1, 0.15) is 35.6 Å². The van der Waals surface area contributed by atoms with Gasteiger partial charge in [-0.05, 0) is 72.1 Å². The lowest BCUT2D eigenvalue weighted by Gasteiger charge is -2.30. The zero-order chi connectivity index (χ0) is 33.3. The van der Waals surface area contributed by atoms with Crippen LogP contribution in [0.2, 0.25) is 0 Å². The molecule has 0 aliphatic carbocycles. The van der Waals surface area contributed by atoms with Crippen LogP contribution in [0.15, 0.2) is 113 Å². The first kappa shape index (κ1) is 33.6. The third-order valence-corrected chi connectivity index (χ3v) is 9.65. The topological polar surface area (TPSA) is 124 Å². The number of sulfone groups is 1. The molecule has 47 heavy (non-hydrogen) atoms. The van der Waals surface area contributed by atoms with Crippen LogP contribution in [0, 0.1) is 5.82 Å². The highest BCUT2D eigenvalue weighted by Gasteiger charge is 2.53. The SMILES string of the molecule is COc1cccc([C@H]2OC(c3ccc(OCCCO)cc3)=N[C@@]2(CCS(=O)(=O)c2ccccc2)C(=O)NCCc2ccccc2F)c1. The minimum absolute atomic E-state index is 0.0127. The van der Waals surface area contributed by atoms with Gasteiger partial charge in [-0.2, -0.15) is 0 Å². The minimum Gasteiger partial charge on any atom is -0.497 e. The summed E-state index contributed by atoms with van der Waals surface area (Å²) >= 11 is 0. The molecule has 1 aliphatic heterocycles. The molecule has 0 bridgehead atoms. The van der Waals surface area contributed by atoms with Crippen LogP contribution in [0.5, 0.6) is 11.5 Å². The minimum atomic E-state index is -3.82. The van der Waals surface area contributed by atoms with E-state index in [1.165, 1.54) is 25.3 Å². The maximum absolute atomic E-state index is 14.4. The van der Waals surface area contributed by atoms with E-state index in [4.69, 9.17) is 24.3 Å². The van der Waals surface area contributed by atoms with Gasteiger partial charge in [-0.3, -0.25) is 4.79 Å². The summed E-state index contributed by atoms with van der Waals surface area (Å²) in [7, 11) is -2.30. The number of hydrogen-bond acceptors (Lipinski definition) is 8. The third kappa shape index (κ3) is 7.98. The molecule has 0 saturated heterocycles. The smallest absolute Gasteiger partial charge is 0.252 e. The van der Waals surface area contributed by atoms with Crippen molar-refractivity contribution in [3.63, 3.8) is 0 Å². The molecule has 2 atom stereocenters. The summed E-state index contributed by atoms with van der Waals surface area (Å²) in [5.74, 6) is -0.0698. The van der Waals surface area contributed by atoms with Crippen molar-refractivity contribution >= 4 is 21.6 Å². The van der Waals surface area contributed by atoms with Crippen LogP contribution < -0.4 is 14.8 Å². The fourth-order valence-corrected chi connectivity index (χ4v) is 6.76. The molecule has 1 amide bonds. The number of ether oxygens (including phenoxy) is 3. The van der Waals surface area contributed by atoms with E-state index in [-0.39, 0.29) is 42.6 Å². The maximum Gasteiger partial charge on any atom is 0.252 e. The zero-order valence-corrected chi connectivity index (χ0v) is 26.8. The number of aliphatic hydroxyl groups excluding tert-OH is 1. The van der Waals surface area contributed by atoms with Crippen LogP contribution in [0.25, 0.3) is 0 Å². The number of amides is 1. The van der Waals surface area contributed by atoms with Crippen LogP contribution in [-0.4, -0.2) is 63.5 Å². The molecule has 11 heteroatoms. The first-order valence-corrected chi connectivity index (χ1v) is 16.9. The fraction of sp³-hybridized carbons (Fsp3) is 0.278. The Morgan fingerprint density at radius 2 is 1.72 bits per heavy atom. The van der Waals surface area contributed by atoms with Crippen molar-refractivity contribution in [1.82, 2.24) is 5.32 Å². The predicted molar refractivity (Wildman–Crippen MR) is 176 cm³/mol. The lowest BCUT2D eigenvalue weighted by Crippen LogP contribution is -2.49. The summed E-state index contributed by atoms with van der Waals surface area (Å²) < 4.78 is 59.0. The Bertz CT molecular complexity index is 1800. The highest BCUT2D eigenvalue weighted by molar-refractivity contribution is 7.91. The van der Waals surface area contributed by atoms with Crippen molar-refractivity contribution in [2.75, 3.05) is 32.6 Å². The van der Waals surface area contributed by atoms with Gasteiger partial charge in [0.1, 0.15) is 17.3 Å². The first-order chi connectivity index (χ1) is 22.8. The molecule has 246 valence electrons. The Morgan fingerprint density at radius 1 is 0.979 bits per heavy atom. The third-order valence-electron chi connectivity index (χ3n) is 7.92. The lowest BCUT2D eigenvalue weighted by molar-refractivity contribution is -0.129. The van der Waals surface area contributed by atoms with Gasteiger partial charge in [-0.1, -0.05) is 48.5 Å². The second-order valence-corrected chi connectivity index (χ2v) is 13.2. The van der Waals surface area contributed by atoms with Crippen molar-refractivity contribution in [3.8, 4) is 11.5 Å². The highest BCUT2D eigenvalue weighted by Crippen LogP contribution is 2.44. The van der Waals surface area contributed by atoms with Gasteiger partial charge in [-0.15, -0.1) is 0 Å². The van der Waals surface area contributed by atoms with Crippen molar-refractivity contribution in [3.05, 3.63) is 126 Å². The summed E-state index contributed by atoms with van der Waals surface area (Å²) in [4.78, 5) is 19.4. The standard InChI is InChI=1S/C36H37FN2O7S/c1-44-30-11-7-10-28(25-30)33-36(20-24-47(42,43)31-12-3-2-4-13-31,35(41)38-21-19-26-9-5-6-14-32(26)37)39-34(46-33)27-15-17-29(18-16-27)45-23-8-22-40/h2-7,9-18,25,33,40H,8,19-24H2,1H3,(H,38,41)/t33-,36-/m1/s1. The summed E-state index contributed by atoms with van der Waals surface area (Å²) in [5.41, 5.74) is -0.159. The Hall–Kier alpha value is -4.74. The molecule has 0 saturated carbocycles. The largest absolute Gasteiger partial charge is 0.497 e. The molecule has 2 N–H and O–H groups in total. The predicted octanol–water partition coefficient (Wildman–Crippen LogP) is 5.08. The number of aliphatic imine (C=N–C) groups is 1. The van der Waals surface area contributed by atoms with Crippen LogP contribution in [0.4, 0.5) is 4.39 Å². The molecule has 0 radical (unpaired) electrons. The van der Waals surface area contributed by atoms with Gasteiger partial charge in [0, 0.05) is 31.6 Å². The molecule has 4 aromatic carbocycles. The number of methoxy groups -OCH3 is 1. The number of hydrogen-bond donors (Lipinski definition) is 2. The zero-order valence-electron chi connectivity index (χ0n) is 26.0. The quantitative estimate of drug-likeness (QED) is 0.171. The lowest BCUT2D eigenvalue weighted by atomic mass is 9.85. The van der Waals surface area contributed by atoms with E-state index in [1.807, 2.05) is 0 Å². The first-order valence-electron chi connectivity index (χ1n) is 15.3. The second-order valence-electron chi connectivity index (χ2n) is 11.0. The molecule has 4 aromatic rings. The average molecular weight is 661 g/mol. The molecule has 0 fully saturated rings. The number of rotatable bonds is 15. The number of carbonyl (C=O) groups is 1. The monoisotopic (exact) mass is 660 g/mol. The van der Waals surface area contributed by atoms with Crippen LogP contribution >= 0.6 is 0 Å². The Morgan fingerprint density at radius 3 is 2.45 bits per heavy atom. The van der Waals surface area contributed by atoms with Crippen molar-refractivity contribution in [1.29, 1.82) is 0 Å². The summed E-state index contributed by atoms with van der Waals surface area (Å²) in [6.45, 7) is 0.443. The van der Waals surface area contributed by atoms with E-state index in [0.29, 0.717) is 41.2 Å². The normalized spacial score (nSPS) is 17.4. The molecule has 1 aliphatic rings. The molecule has 5 rings (SSSR count). The fourth-order valence-electron chi connectivity index (χ4n) is 5.38. The van der Waals surface area contributed by atoms with E-state index >= 15 is 0 Å². The summed E-state index contributed by atoms with van der Waals surface area (Å²) in [6, 6.07) is 28.3. The molecular weight excluding hydrogens is 623 g/mol. The van der Waals surface area contributed by atoms with Crippen molar-refractivity contribution < 1.29 is 36.9 Å². The number of carbonyl (C=O) groups excluding carboxylic acids is 1. The Balaban J connectivity index is 1.53. The van der Waals surface area contributed by atoms with Gasteiger partial charge in [0.15, 0.2) is 21.5 Å². The number of aliphatic hydroxyl groups is 1. The van der Waals surface area contributed by atoms with Crippen LogP contribution in [-0.2, 0) is 25.8 Å². The molecule has 0 aromatic heterocycles. The molecule has 0 unspecified atom stereocenters. The number of halogens is 1. The maximum atomic E-state index is 14.4. The van der Waals surface area contributed by atoms with Gasteiger partial charge in [0.05, 0.1) is 24.4 Å². The van der Waals surface area contributed by atoms with Crippen molar-refractivity contribution in [2.45, 2.75) is 35.8 Å². The van der Waals surface area contributed by atoms with Gasteiger partial charge in [0.25, 0.3) is 5.91 Å². The average Bonchev–Trinajstić information content (AvgIpc) is 3.50. The van der Waals surface area contributed by atoms with E-state index < -0.39 is 33.1 Å². The van der Waals surface area contributed by atoms with Gasteiger partial charge >= 0.3 is 0 Å². The summed E-state index contributed by atoms with van der Waals surface area (Å²) in [6.07, 6.45) is -0.521. The van der Waals surface area contributed by atoms with Gasteiger partial charge < -0.3 is 24.6 Å². The highest BCUT2D eigenvalue weighted by atomic mass is 32.2. The van der Waals surface area contributed by atoms with Gasteiger partial charge in [0.2, 0.25) is 5.90 Å². The van der Waals surface area contributed by atoms with Gasteiger partial charge in [-0.25, -0.2) is 17.8 Å². The van der Waals surface area contributed by atoms with Crippen molar-refractivity contribution in [2.24, 2.45) is 4.99 Å². The number of nitrogens with one attached hydrogen (secondary N) is 1. The molecule has 1 heterocycles. The molecule has 0 spiro atoms. The molecule has 9 nitrogen and oxygen atoms in total. The van der Waals surface area contributed by atoms with E-state index in [0.717, 1.165) is 0 Å². The Labute approximate surface area is 274 Å². The van der Waals surface area contributed by atoms with E-state index in [9.17, 15) is 17.6 Å². The Kier molecular flexibility index (Phi) is 10.9. The number of benzene rings is 4. The molecular formula is C36H37FN2O7S. The van der Waals surface area contributed by atoms with E-state index in [2.05, 4.69) is 5.32 Å².